The molecule has 0 heterocycles. The Morgan fingerprint density at radius 3 is 2.13 bits per heavy atom. The molecule has 198 valence electrons. The van der Waals surface area contributed by atoms with Gasteiger partial charge in [-0.3, -0.25) is 14.5 Å². The van der Waals surface area contributed by atoms with Gasteiger partial charge in [0, 0.05) is 11.3 Å². The Labute approximate surface area is 227 Å². The normalized spacial score (nSPS) is 10.5. The number of esters is 2. The molecule has 0 aromatic heterocycles. The molecule has 9 nitrogen and oxygen atoms in total. The van der Waals surface area contributed by atoms with Crippen LogP contribution in [0, 0.1) is 0 Å². The van der Waals surface area contributed by atoms with E-state index in [1.54, 1.807) is 92.7 Å². The molecule has 4 N–H and O–H groups in total. The number of para-hydroxylation sites is 1. The Balaban J connectivity index is 0.00000507. The van der Waals surface area contributed by atoms with Crippen molar-refractivity contribution in [2.75, 3.05) is 18.1 Å². The molecule has 0 saturated heterocycles. The molecule has 3 aromatic carbocycles. The number of benzene rings is 3. The second-order valence-corrected chi connectivity index (χ2v) is 7.90. The number of halogens is 1. The fourth-order valence-electron chi connectivity index (χ4n) is 3.37. The van der Waals surface area contributed by atoms with Gasteiger partial charge < -0.3 is 20.9 Å². The van der Waals surface area contributed by atoms with Gasteiger partial charge in [-0.2, -0.15) is 0 Å². The van der Waals surface area contributed by atoms with Crippen molar-refractivity contribution in [3.63, 3.8) is 0 Å². The van der Waals surface area contributed by atoms with Crippen LogP contribution in [0.25, 0.3) is 6.08 Å². The van der Waals surface area contributed by atoms with Gasteiger partial charge in [-0.15, -0.1) is 12.4 Å². The third-order valence-electron chi connectivity index (χ3n) is 5.08. The predicted octanol–water partition coefficient (Wildman–Crippen LogP) is 4.23. The van der Waals surface area contributed by atoms with Gasteiger partial charge in [-0.25, -0.2) is 9.79 Å². The van der Waals surface area contributed by atoms with E-state index in [0.717, 1.165) is 0 Å². The summed E-state index contributed by atoms with van der Waals surface area (Å²) in [6.07, 6.45) is 1.68. The van der Waals surface area contributed by atoms with E-state index >= 15 is 0 Å². The first-order chi connectivity index (χ1) is 17.8. The van der Waals surface area contributed by atoms with E-state index in [1.165, 1.54) is 4.90 Å². The zero-order chi connectivity index (χ0) is 26.8. The number of aliphatic imine (C=N–C) groups is 1. The molecule has 38 heavy (non-hydrogen) atoms. The molecule has 3 rings (SSSR count). The molecular weight excluding hydrogens is 508 g/mol. The Morgan fingerprint density at radius 2 is 1.55 bits per heavy atom. The van der Waals surface area contributed by atoms with Crippen molar-refractivity contribution < 1.29 is 23.9 Å². The van der Waals surface area contributed by atoms with Crippen LogP contribution in [-0.4, -0.2) is 37.0 Å². The molecule has 0 aliphatic rings. The minimum Gasteiger partial charge on any atom is -0.465 e. The van der Waals surface area contributed by atoms with Crippen molar-refractivity contribution in [1.82, 2.24) is 0 Å². The highest BCUT2D eigenvalue weighted by atomic mass is 35.5. The summed E-state index contributed by atoms with van der Waals surface area (Å²) in [5, 5.41) is 0. The molecule has 0 spiro atoms. The number of hydrogen-bond donors (Lipinski definition) is 2. The van der Waals surface area contributed by atoms with Crippen LogP contribution in [0.3, 0.4) is 0 Å². The second kappa shape index (κ2) is 14.2. The first-order valence-electron chi connectivity index (χ1n) is 11.5. The number of carbonyl (C=O) groups is 3. The first kappa shape index (κ1) is 29.6. The highest BCUT2D eigenvalue weighted by Crippen LogP contribution is 2.20. The summed E-state index contributed by atoms with van der Waals surface area (Å²) >= 11 is 0. The van der Waals surface area contributed by atoms with E-state index in [1.807, 2.05) is 6.07 Å². The van der Waals surface area contributed by atoms with Crippen molar-refractivity contribution in [3.8, 4) is 5.75 Å². The van der Waals surface area contributed by atoms with Crippen LogP contribution >= 0.6 is 12.4 Å². The van der Waals surface area contributed by atoms with Gasteiger partial charge in [-0.05, 0) is 74.0 Å². The summed E-state index contributed by atoms with van der Waals surface area (Å²) in [5.74, 6) is -1.11. The Morgan fingerprint density at radius 1 is 0.921 bits per heavy atom. The summed E-state index contributed by atoms with van der Waals surface area (Å²) in [5.41, 5.74) is 13.3. The van der Waals surface area contributed by atoms with Crippen LogP contribution in [-0.2, 0) is 14.3 Å². The first-order valence-corrected chi connectivity index (χ1v) is 11.5. The zero-order valence-electron chi connectivity index (χ0n) is 21.0. The lowest BCUT2D eigenvalue weighted by Gasteiger charge is -2.22. The maximum atomic E-state index is 13.2. The van der Waals surface area contributed by atoms with Gasteiger partial charge in [0.05, 0.1) is 17.9 Å². The molecular formula is C28H29ClN4O5. The van der Waals surface area contributed by atoms with Gasteiger partial charge in [0.25, 0.3) is 5.91 Å². The number of carbonyl (C=O) groups excluding carboxylic acids is 3. The van der Waals surface area contributed by atoms with Crippen LogP contribution in [0.15, 0.2) is 89.4 Å². The van der Waals surface area contributed by atoms with Crippen molar-refractivity contribution in [1.29, 1.82) is 0 Å². The Hall–Kier alpha value is -4.63. The summed E-state index contributed by atoms with van der Waals surface area (Å²) in [4.78, 5) is 43.1. The highest BCUT2D eigenvalue weighted by molar-refractivity contribution is 6.10. The summed E-state index contributed by atoms with van der Waals surface area (Å²) in [6.45, 7) is 3.39. The Kier molecular flexibility index (Phi) is 11.1. The van der Waals surface area contributed by atoms with E-state index in [2.05, 4.69) is 4.99 Å². The largest absolute Gasteiger partial charge is 0.465 e. The van der Waals surface area contributed by atoms with Crippen molar-refractivity contribution >= 4 is 53.7 Å². The molecule has 10 heteroatoms. The number of ether oxygens (including phenoxy) is 2. The smallest absolute Gasteiger partial charge is 0.343 e. The van der Waals surface area contributed by atoms with E-state index in [9.17, 15) is 14.4 Å². The minimum absolute atomic E-state index is 0. The van der Waals surface area contributed by atoms with Gasteiger partial charge in [-0.1, -0.05) is 30.3 Å². The SMILES string of the molecule is CCOC(=O)CN(C(=O)C(C)=Cc1ccc(C(=O)Oc2ccc(N=C(N)N)cc2)cc1)c1ccccc1.Cl. The van der Waals surface area contributed by atoms with Crippen LogP contribution in [0.1, 0.15) is 29.8 Å². The monoisotopic (exact) mass is 536 g/mol. The lowest BCUT2D eigenvalue weighted by Crippen LogP contribution is -2.37. The van der Waals surface area contributed by atoms with Crippen molar-refractivity contribution in [3.05, 3.63) is 95.6 Å². The molecule has 0 radical (unpaired) electrons. The average Bonchev–Trinajstić information content (AvgIpc) is 2.89. The molecule has 1 amide bonds. The number of nitrogens with zero attached hydrogens (tertiary/aromatic N) is 2. The van der Waals surface area contributed by atoms with Gasteiger partial charge >= 0.3 is 11.9 Å². The van der Waals surface area contributed by atoms with E-state index in [-0.39, 0.29) is 37.4 Å². The van der Waals surface area contributed by atoms with Crippen LogP contribution in [0.4, 0.5) is 11.4 Å². The third-order valence-corrected chi connectivity index (χ3v) is 5.08. The van der Waals surface area contributed by atoms with Crippen LogP contribution in [0.5, 0.6) is 5.75 Å². The van der Waals surface area contributed by atoms with Crippen LogP contribution in [0.2, 0.25) is 0 Å². The van der Waals surface area contributed by atoms with Crippen molar-refractivity contribution in [2.45, 2.75) is 13.8 Å². The topological polar surface area (TPSA) is 137 Å². The third kappa shape index (κ3) is 8.49. The number of guanidine groups is 1. The highest BCUT2D eigenvalue weighted by Gasteiger charge is 2.21. The predicted molar refractivity (Wildman–Crippen MR) is 150 cm³/mol. The van der Waals surface area contributed by atoms with E-state index < -0.39 is 11.9 Å². The van der Waals surface area contributed by atoms with Crippen molar-refractivity contribution in [2.24, 2.45) is 16.5 Å². The molecule has 0 atom stereocenters. The molecule has 0 unspecified atom stereocenters. The minimum atomic E-state index is -0.539. The number of amides is 1. The molecule has 0 saturated carbocycles. The maximum absolute atomic E-state index is 13.2. The average molecular weight is 537 g/mol. The number of rotatable bonds is 9. The molecule has 0 aliphatic heterocycles. The summed E-state index contributed by atoms with van der Waals surface area (Å²) in [6, 6.07) is 21.9. The zero-order valence-corrected chi connectivity index (χ0v) is 21.8. The van der Waals surface area contributed by atoms with E-state index in [0.29, 0.717) is 33.8 Å². The fraction of sp³-hybridized carbons (Fsp3) is 0.143. The van der Waals surface area contributed by atoms with Gasteiger partial charge in [0.1, 0.15) is 12.3 Å². The molecule has 0 aliphatic carbocycles. The molecule has 3 aromatic rings. The lowest BCUT2D eigenvalue weighted by molar-refractivity contribution is -0.142. The summed E-state index contributed by atoms with van der Waals surface area (Å²) < 4.78 is 10.4. The van der Waals surface area contributed by atoms with Crippen LogP contribution < -0.4 is 21.1 Å². The second-order valence-electron chi connectivity index (χ2n) is 7.90. The molecule has 0 fully saturated rings. The number of nitrogens with two attached hydrogens (primary N) is 2. The lowest BCUT2D eigenvalue weighted by atomic mass is 10.1. The van der Waals surface area contributed by atoms with Gasteiger partial charge in [0.2, 0.25) is 0 Å². The standard InChI is InChI=1S/C28H28N4O5.ClH/c1-3-36-25(33)18-32(23-7-5-4-6-8-23)26(34)19(2)17-20-9-11-21(12-10-20)27(35)37-24-15-13-22(14-16-24)31-28(29)30;/h4-17H,3,18H2,1-2H3,(H4,29,30,31);1H. The van der Waals surface area contributed by atoms with Gasteiger partial charge in [0.15, 0.2) is 5.96 Å². The fourth-order valence-corrected chi connectivity index (χ4v) is 3.37. The quantitative estimate of drug-likeness (QED) is 0.137. The van der Waals surface area contributed by atoms with E-state index in [4.69, 9.17) is 20.9 Å². The Bertz CT molecular complexity index is 1300. The number of anilines is 1. The molecule has 0 bridgehead atoms. The summed E-state index contributed by atoms with van der Waals surface area (Å²) in [7, 11) is 0. The number of hydrogen-bond acceptors (Lipinski definition) is 6. The maximum Gasteiger partial charge on any atom is 0.343 e.